The number of rotatable bonds is 5. The van der Waals surface area contributed by atoms with Crippen LogP contribution in [0, 0.1) is 5.92 Å². The zero-order valence-electron chi connectivity index (χ0n) is 11.1. The highest BCUT2D eigenvalue weighted by Crippen LogP contribution is 2.30. The third-order valence-electron chi connectivity index (χ3n) is 3.54. The van der Waals surface area contributed by atoms with Gasteiger partial charge < -0.3 is 5.11 Å². The molecule has 1 fully saturated rings. The van der Waals surface area contributed by atoms with Crippen LogP contribution in [0.1, 0.15) is 19.3 Å². The molecular formula is C13H15BrClNO4S. The monoisotopic (exact) mass is 395 g/mol. The van der Waals surface area contributed by atoms with Crippen molar-refractivity contribution in [3.63, 3.8) is 0 Å². The van der Waals surface area contributed by atoms with Crippen molar-refractivity contribution in [2.45, 2.75) is 24.2 Å². The van der Waals surface area contributed by atoms with Gasteiger partial charge in [-0.25, -0.2) is 8.42 Å². The van der Waals surface area contributed by atoms with Gasteiger partial charge in [0.25, 0.3) is 0 Å². The summed E-state index contributed by atoms with van der Waals surface area (Å²) in [5.41, 5.74) is 0. The van der Waals surface area contributed by atoms with Gasteiger partial charge in [0.05, 0.1) is 9.92 Å². The van der Waals surface area contributed by atoms with E-state index >= 15 is 0 Å². The summed E-state index contributed by atoms with van der Waals surface area (Å²) in [5, 5.41) is 9.14. The average Bonchev–Trinajstić information content (AvgIpc) is 2.89. The Morgan fingerprint density at radius 3 is 2.81 bits per heavy atom. The fourth-order valence-electron chi connectivity index (χ4n) is 2.37. The number of hydrogen-bond acceptors (Lipinski definition) is 3. The van der Waals surface area contributed by atoms with E-state index in [1.807, 2.05) is 0 Å². The number of aliphatic carboxylic acids is 1. The van der Waals surface area contributed by atoms with Crippen molar-refractivity contribution in [2.24, 2.45) is 5.92 Å². The largest absolute Gasteiger partial charge is 0.481 e. The second kappa shape index (κ2) is 6.64. The highest BCUT2D eigenvalue weighted by Gasteiger charge is 2.32. The number of carbonyl (C=O) groups is 1. The van der Waals surface area contributed by atoms with E-state index in [9.17, 15) is 13.2 Å². The van der Waals surface area contributed by atoms with E-state index in [4.69, 9.17) is 16.7 Å². The molecule has 0 amide bonds. The first kappa shape index (κ1) is 16.7. The lowest BCUT2D eigenvalue weighted by molar-refractivity contribution is -0.137. The predicted molar refractivity (Wildman–Crippen MR) is 82.9 cm³/mol. The van der Waals surface area contributed by atoms with Crippen molar-refractivity contribution in [1.82, 2.24) is 4.31 Å². The Bertz CT molecular complexity index is 650. The summed E-state index contributed by atoms with van der Waals surface area (Å²) in [7, 11) is -3.55. The van der Waals surface area contributed by atoms with Crippen LogP contribution in [0.25, 0.3) is 0 Å². The first-order valence-corrected chi connectivity index (χ1v) is 9.09. The molecule has 21 heavy (non-hydrogen) atoms. The maximum Gasteiger partial charge on any atom is 0.303 e. The minimum absolute atomic E-state index is 0.0745. The zero-order chi connectivity index (χ0) is 15.6. The lowest BCUT2D eigenvalue weighted by atomic mass is 10.0. The Hall–Kier alpha value is -0.630. The number of sulfonamides is 1. The van der Waals surface area contributed by atoms with Crippen molar-refractivity contribution in [2.75, 3.05) is 13.1 Å². The maximum absolute atomic E-state index is 12.5. The fraction of sp³-hybridized carbons (Fsp3) is 0.462. The van der Waals surface area contributed by atoms with E-state index in [1.54, 1.807) is 0 Å². The summed E-state index contributed by atoms with van der Waals surface area (Å²) in [6.45, 7) is 0.794. The van der Waals surface area contributed by atoms with Crippen LogP contribution in [0.5, 0.6) is 0 Å². The van der Waals surface area contributed by atoms with Gasteiger partial charge in [-0.05, 0) is 52.9 Å². The summed E-state index contributed by atoms with van der Waals surface area (Å²) in [6.07, 6.45) is 1.28. The van der Waals surface area contributed by atoms with Gasteiger partial charge in [0.15, 0.2) is 0 Å². The van der Waals surface area contributed by atoms with Crippen LogP contribution in [-0.2, 0) is 14.8 Å². The molecule has 116 valence electrons. The molecule has 0 aromatic heterocycles. The highest BCUT2D eigenvalue weighted by atomic mass is 79.9. The van der Waals surface area contributed by atoms with E-state index in [0.717, 1.165) is 0 Å². The molecule has 0 aliphatic carbocycles. The molecule has 0 radical (unpaired) electrons. The van der Waals surface area contributed by atoms with E-state index in [0.29, 0.717) is 35.4 Å². The molecule has 1 aromatic rings. The van der Waals surface area contributed by atoms with Crippen LogP contribution in [0.15, 0.2) is 27.6 Å². The number of hydrogen-bond donors (Lipinski definition) is 1. The second-order valence-corrected chi connectivity index (χ2v) is 8.23. The number of halogens is 2. The van der Waals surface area contributed by atoms with Gasteiger partial charge in [-0.1, -0.05) is 11.6 Å². The topological polar surface area (TPSA) is 74.7 Å². The van der Waals surface area contributed by atoms with Crippen LogP contribution in [0.4, 0.5) is 0 Å². The van der Waals surface area contributed by atoms with Crippen molar-refractivity contribution in [3.05, 3.63) is 27.7 Å². The summed E-state index contributed by atoms with van der Waals surface area (Å²) in [5.74, 6) is -0.746. The van der Waals surface area contributed by atoms with Gasteiger partial charge in [-0.3, -0.25) is 4.79 Å². The van der Waals surface area contributed by atoms with Gasteiger partial charge in [0.1, 0.15) is 0 Å². The molecule has 8 heteroatoms. The van der Waals surface area contributed by atoms with Gasteiger partial charge in [0.2, 0.25) is 10.0 Å². The molecule has 0 saturated carbocycles. The summed E-state index contributed by atoms with van der Waals surface area (Å²) in [6, 6.07) is 4.51. The van der Waals surface area contributed by atoms with Gasteiger partial charge in [-0.15, -0.1) is 0 Å². The molecule has 1 aromatic carbocycles. The van der Waals surface area contributed by atoms with Crippen LogP contribution >= 0.6 is 27.5 Å². The van der Waals surface area contributed by atoms with E-state index in [1.165, 1.54) is 22.5 Å². The predicted octanol–water partition coefficient (Wildman–Crippen LogP) is 2.98. The quantitative estimate of drug-likeness (QED) is 0.830. The fourth-order valence-corrected chi connectivity index (χ4v) is 4.57. The molecule has 1 unspecified atom stereocenters. The second-order valence-electron chi connectivity index (χ2n) is 5.03. The molecule has 1 atom stereocenters. The molecule has 5 nitrogen and oxygen atoms in total. The lowest BCUT2D eigenvalue weighted by Crippen LogP contribution is -2.29. The Balaban J connectivity index is 2.10. The van der Waals surface area contributed by atoms with E-state index in [-0.39, 0.29) is 17.2 Å². The Kier molecular flexibility index (Phi) is 5.29. The van der Waals surface area contributed by atoms with Crippen LogP contribution < -0.4 is 0 Å². The van der Waals surface area contributed by atoms with E-state index < -0.39 is 16.0 Å². The standard InChI is InChI=1S/C13H15BrClNO4S/c14-11-7-10(2-3-12(11)15)21(19,20)16-6-5-9(8-16)1-4-13(17)18/h2-3,7,9H,1,4-6,8H2,(H,17,18). The Morgan fingerprint density at radius 2 is 2.19 bits per heavy atom. The normalized spacial score (nSPS) is 19.8. The summed E-state index contributed by atoms with van der Waals surface area (Å²) >= 11 is 9.09. The number of carboxylic acids is 1. The van der Waals surface area contributed by atoms with Crippen LogP contribution in [0.2, 0.25) is 5.02 Å². The smallest absolute Gasteiger partial charge is 0.303 e. The molecule has 2 rings (SSSR count). The zero-order valence-corrected chi connectivity index (χ0v) is 14.3. The first-order chi connectivity index (χ1) is 9.80. The Labute approximate surface area is 137 Å². The van der Waals surface area contributed by atoms with E-state index in [2.05, 4.69) is 15.9 Å². The molecule has 1 aliphatic heterocycles. The molecular weight excluding hydrogens is 382 g/mol. The first-order valence-electron chi connectivity index (χ1n) is 6.47. The van der Waals surface area contributed by atoms with Gasteiger partial charge >= 0.3 is 5.97 Å². The summed E-state index contributed by atoms with van der Waals surface area (Å²) < 4.78 is 27.0. The van der Waals surface area contributed by atoms with Crippen molar-refractivity contribution >= 4 is 43.5 Å². The molecule has 1 saturated heterocycles. The molecule has 0 bridgehead atoms. The average molecular weight is 397 g/mol. The molecule has 1 aliphatic rings. The van der Waals surface area contributed by atoms with Crippen LogP contribution in [0.3, 0.4) is 0 Å². The minimum atomic E-state index is -3.55. The van der Waals surface area contributed by atoms with Crippen LogP contribution in [-0.4, -0.2) is 36.9 Å². The third-order valence-corrected chi connectivity index (χ3v) is 6.62. The molecule has 1 heterocycles. The maximum atomic E-state index is 12.5. The SMILES string of the molecule is O=C(O)CCC1CCN(S(=O)(=O)c2ccc(Cl)c(Br)c2)C1. The van der Waals surface area contributed by atoms with Gasteiger partial charge in [0, 0.05) is 24.0 Å². The number of nitrogens with zero attached hydrogens (tertiary/aromatic N) is 1. The number of carboxylic acid groups (broad SMARTS) is 1. The third kappa shape index (κ3) is 3.97. The minimum Gasteiger partial charge on any atom is -0.481 e. The van der Waals surface area contributed by atoms with Gasteiger partial charge in [-0.2, -0.15) is 4.31 Å². The van der Waals surface area contributed by atoms with Crippen molar-refractivity contribution in [1.29, 1.82) is 0 Å². The lowest BCUT2D eigenvalue weighted by Gasteiger charge is -2.17. The highest BCUT2D eigenvalue weighted by molar-refractivity contribution is 9.10. The van der Waals surface area contributed by atoms with Crippen molar-refractivity contribution in [3.8, 4) is 0 Å². The molecule has 1 N–H and O–H groups in total. The molecule has 0 spiro atoms. The Morgan fingerprint density at radius 1 is 1.48 bits per heavy atom. The van der Waals surface area contributed by atoms with Crippen molar-refractivity contribution < 1.29 is 18.3 Å². The summed E-state index contributed by atoms with van der Waals surface area (Å²) in [4.78, 5) is 10.8. The number of benzene rings is 1.